The van der Waals surface area contributed by atoms with Gasteiger partial charge in [-0.25, -0.2) is 4.68 Å². The molecule has 0 radical (unpaired) electrons. The van der Waals surface area contributed by atoms with Crippen molar-refractivity contribution in [2.45, 2.75) is 13.0 Å². The van der Waals surface area contributed by atoms with E-state index in [1.165, 1.54) is 0 Å². The normalized spacial score (nSPS) is 11.0. The zero-order valence-corrected chi connectivity index (χ0v) is 11.9. The van der Waals surface area contributed by atoms with E-state index in [1.54, 1.807) is 10.7 Å². The van der Waals surface area contributed by atoms with Crippen molar-refractivity contribution in [3.05, 3.63) is 47.1 Å². The predicted molar refractivity (Wildman–Crippen MR) is 76.6 cm³/mol. The smallest absolute Gasteiger partial charge is 0.248 e. The molecule has 3 rings (SSSR count). The maximum Gasteiger partial charge on any atom is 0.248 e. The lowest BCUT2D eigenvalue weighted by atomic mass is 10.2. The highest BCUT2D eigenvalue weighted by Gasteiger charge is 2.12. The van der Waals surface area contributed by atoms with Crippen LogP contribution in [0.15, 0.2) is 35.0 Å². The molecular formula is C13H13ClN6O. The number of nitrogens with two attached hydrogens (primary N) is 1. The molecule has 0 aliphatic rings. The second-order valence-corrected chi connectivity index (χ2v) is 4.84. The van der Waals surface area contributed by atoms with E-state index in [0.29, 0.717) is 36.2 Å². The van der Waals surface area contributed by atoms with Crippen LogP contribution in [0.3, 0.4) is 0 Å². The van der Waals surface area contributed by atoms with Gasteiger partial charge in [0.25, 0.3) is 0 Å². The summed E-state index contributed by atoms with van der Waals surface area (Å²) in [6.45, 7) is 0.894. The van der Waals surface area contributed by atoms with Crippen molar-refractivity contribution in [1.82, 2.24) is 25.1 Å². The van der Waals surface area contributed by atoms with E-state index in [0.717, 1.165) is 11.3 Å². The van der Waals surface area contributed by atoms with E-state index in [9.17, 15) is 0 Å². The molecule has 0 unspecified atom stereocenters. The molecule has 2 N–H and O–H groups in total. The van der Waals surface area contributed by atoms with Crippen LogP contribution in [-0.2, 0) is 13.0 Å². The van der Waals surface area contributed by atoms with Crippen molar-refractivity contribution in [1.29, 1.82) is 0 Å². The van der Waals surface area contributed by atoms with E-state index in [2.05, 4.69) is 20.5 Å². The van der Waals surface area contributed by atoms with Gasteiger partial charge in [-0.2, -0.15) is 4.98 Å². The molecule has 0 amide bonds. The Morgan fingerprint density at radius 1 is 1.29 bits per heavy atom. The molecular weight excluding hydrogens is 292 g/mol. The van der Waals surface area contributed by atoms with Crippen LogP contribution < -0.4 is 5.73 Å². The maximum absolute atomic E-state index is 6.11. The lowest BCUT2D eigenvalue weighted by Crippen LogP contribution is -2.03. The third-order valence-electron chi connectivity index (χ3n) is 2.87. The first-order valence-electron chi connectivity index (χ1n) is 6.43. The number of rotatable bonds is 5. The molecule has 7 nitrogen and oxygen atoms in total. The molecule has 108 valence electrons. The van der Waals surface area contributed by atoms with Gasteiger partial charge in [-0.15, -0.1) is 5.10 Å². The number of hydrogen-bond acceptors (Lipinski definition) is 6. The highest BCUT2D eigenvalue weighted by atomic mass is 35.5. The highest BCUT2D eigenvalue weighted by molar-refractivity contribution is 6.33. The van der Waals surface area contributed by atoms with Crippen LogP contribution in [0, 0.1) is 0 Å². The number of halogens is 1. The Balaban J connectivity index is 1.77. The van der Waals surface area contributed by atoms with Gasteiger partial charge in [-0.1, -0.05) is 34.1 Å². The largest absolute Gasteiger partial charge is 0.337 e. The summed E-state index contributed by atoms with van der Waals surface area (Å²) in [6, 6.07) is 7.34. The molecule has 0 atom stereocenters. The second-order valence-electron chi connectivity index (χ2n) is 4.44. The van der Waals surface area contributed by atoms with Crippen LogP contribution in [0.4, 0.5) is 0 Å². The molecule has 0 saturated heterocycles. The summed E-state index contributed by atoms with van der Waals surface area (Å²) < 4.78 is 6.85. The second kappa shape index (κ2) is 6.02. The van der Waals surface area contributed by atoms with Gasteiger partial charge in [-0.3, -0.25) is 0 Å². The Morgan fingerprint density at radius 2 is 2.14 bits per heavy atom. The highest BCUT2D eigenvalue weighted by Crippen LogP contribution is 2.24. The average molecular weight is 305 g/mol. The van der Waals surface area contributed by atoms with E-state index in [1.807, 2.05) is 24.4 Å². The van der Waals surface area contributed by atoms with Crippen LogP contribution in [0.5, 0.6) is 0 Å². The predicted octanol–water partition coefficient (Wildman–Crippen LogP) is 1.53. The summed E-state index contributed by atoms with van der Waals surface area (Å²) >= 11 is 6.11. The summed E-state index contributed by atoms with van der Waals surface area (Å²) in [6.07, 6.45) is 2.50. The van der Waals surface area contributed by atoms with Crippen molar-refractivity contribution in [3.63, 3.8) is 0 Å². The summed E-state index contributed by atoms with van der Waals surface area (Å²) in [7, 11) is 0. The van der Waals surface area contributed by atoms with Crippen LogP contribution in [0.2, 0.25) is 5.02 Å². The monoisotopic (exact) mass is 304 g/mol. The summed E-state index contributed by atoms with van der Waals surface area (Å²) in [5.74, 6) is 0.895. The minimum Gasteiger partial charge on any atom is -0.337 e. The van der Waals surface area contributed by atoms with Crippen molar-refractivity contribution in [2.75, 3.05) is 6.54 Å². The molecule has 0 saturated carbocycles. The molecule has 0 aliphatic carbocycles. The van der Waals surface area contributed by atoms with Gasteiger partial charge in [0.1, 0.15) is 6.54 Å². The molecule has 2 aromatic heterocycles. The SMILES string of the molecule is NCCc1cn(Cc2nc(-c3ccccc3Cl)no2)nn1. The Kier molecular flexibility index (Phi) is 3.94. The van der Waals surface area contributed by atoms with Crippen molar-refractivity contribution in [3.8, 4) is 11.4 Å². The van der Waals surface area contributed by atoms with E-state index in [4.69, 9.17) is 21.9 Å². The average Bonchev–Trinajstić information content (AvgIpc) is 3.10. The van der Waals surface area contributed by atoms with Crippen LogP contribution >= 0.6 is 11.6 Å². The first-order chi connectivity index (χ1) is 10.3. The third-order valence-corrected chi connectivity index (χ3v) is 3.20. The molecule has 0 bridgehead atoms. The fourth-order valence-corrected chi connectivity index (χ4v) is 2.11. The van der Waals surface area contributed by atoms with Gasteiger partial charge in [0.05, 0.1) is 10.7 Å². The van der Waals surface area contributed by atoms with Crippen molar-refractivity contribution < 1.29 is 4.52 Å². The van der Waals surface area contributed by atoms with Gasteiger partial charge < -0.3 is 10.3 Å². The van der Waals surface area contributed by atoms with E-state index < -0.39 is 0 Å². The zero-order chi connectivity index (χ0) is 14.7. The standard InChI is InChI=1S/C13H13ClN6O/c14-11-4-2-1-3-10(11)13-16-12(21-18-13)8-20-7-9(5-6-15)17-19-20/h1-4,7H,5-6,8,15H2. The van der Waals surface area contributed by atoms with Crippen molar-refractivity contribution >= 4 is 11.6 Å². The quantitative estimate of drug-likeness (QED) is 0.768. The van der Waals surface area contributed by atoms with Gasteiger partial charge in [-0.05, 0) is 18.7 Å². The molecule has 1 aromatic carbocycles. The van der Waals surface area contributed by atoms with Crippen molar-refractivity contribution in [2.24, 2.45) is 5.73 Å². The lowest BCUT2D eigenvalue weighted by Gasteiger charge is -1.96. The van der Waals surface area contributed by atoms with E-state index in [-0.39, 0.29) is 0 Å². The third kappa shape index (κ3) is 3.09. The molecule has 0 fully saturated rings. The number of nitrogens with zero attached hydrogens (tertiary/aromatic N) is 5. The molecule has 0 aliphatic heterocycles. The van der Waals surface area contributed by atoms with Gasteiger partial charge >= 0.3 is 0 Å². The topological polar surface area (TPSA) is 95.7 Å². The Morgan fingerprint density at radius 3 is 2.95 bits per heavy atom. The Labute approximate surface area is 125 Å². The fraction of sp³-hybridized carbons (Fsp3) is 0.231. The number of hydrogen-bond donors (Lipinski definition) is 1. The Bertz CT molecular complexity index is 738. The van der Waals surface area contributed by atoms with Crippen LogP contribution in [0.25, 0.3) is 11.4 Å². The van der Waals surface area contributed by atoms with Gasteiger partial charge in [0.15, 0.2) is 0 Å². The molecule has 3 aromatic rings. The maximum atomic E-state index is 6.11. The molecule has 8 heteroatoms. The molecule has 2 heterocycles. The first kappa shape index (κ1) is 13.7. The first-order valence-corrected chi connectivity index (χ1v) is 6.80. The lowest BCUT2D eigenvalue weighted by molar-refractivity contribution is 0.364. The van der Waals surface area contributed by atoms with Crippen LogP contribution in [0.1, 0.15) is 11.6 Å². The van der Waals surface area contributed by atoms with Crippen LogP contribution in [-0.4, -0.2) is 31.7 Å². The zero-order valence-electron chi connectivity index (χ0n) is 11.1. The molecule has 21 heavy (non-hydrogen) atoms. The summed E-state index contributed by atoms with van der Waals surface area (Å²) in [5.41, 5.74) is 7.04. The summed E-state index contributed by atoms with van der Waals surface area (Å²) in [4.78, 5) is 4.32. The van der Waals surface area contributed by atoms with Gasteiger partial charge in [0.2, 0.25) is 11.7 Å². The van der Waals surface area contributed by atoms with E-state index >= 15 is 0 Å². The minimum absolute atomic E-state index is 0.356. The Hall–Kier alpha value is -2.25. The number of benzene rings is 1. The fourth-order valence-electron chi connectivity index (χ4n) is 1.89. The molecule has 0 spiro atoms. The van der Waals surface area contributed by atoms with Gasteiger partial charge in [0, 0.05) is 18.2 Å². The minimum atomic E-state index is 0.356. The summed E-state index contributed by atoms with van der Waals surface area (Å²) in [5, 5.41) is 12.5. The number of aromatic nitrogens is 5.